The molecule has 236 valence electrons. The molecule has 0 aliphatic heterocycles. The average Bonchev–Trinajstić information content (AvgIpc) is 3.05. The summed E-state index contributed by atoms with van der Waals surface area (Å²) in [7, 11) is -1.98. The summed E-state index contributed by atoms with van der Waals surface area (Å²) >= 11 is 6.03. The van der Waals surface area contributed by atoms with Crippen molar-refractivity contribution >= 4 is 33.4 Å². The maximum absolute atomic E-state index is 14.0. The molecule has 0 aliphatic rings. The Morgan fingerprint density at radius 3 is 2.07 bits per heavy atom. The van der Waals surface area contributed by atoms with Crippen molar-refractivity contribution in [3.05, 3.63) is 130 Å². The van der Waals surface area contributed by atoms with Crippen molar-refractivity contribution in [1.82, 2.24) is 14.9 Å². The summed E-state index contributed by atoms with van der Waals surface area (Å²) in [5.74, 6) is 0.226. The van der Waals surface area contributed by atoms with Gasteiger partial charge in [0.15, 0.2) is 0 Å². The molecule has 4 aromatic rings. The van der Waals surface area contributed by atoms with Gasteiger partial charge in [-0.2, -0.15) is 0 Å². The van der Waals surface area contributed by atoms with Crippen LogP contribution in [0.15, 0.2) is 108 Å². The van der Waals surface area contributed by atoms with E-state index >= 15 is 0 Å². The molecule has 1 atom stereocenters. The van der Waals surface area contributed by atoms with Crippen LogP contribution in [0.4, 0.5) is 0 Å². The normalized spacial score (nSPS) is 11.9. The lowest BCUT2D eigenvalue weighted by molar-refractivity contribution is -0.141. The Morgan fingerprint density at radius 1 is 0.822 bits per heavy atom. The fourth-order valence-corrected chi connectivity index (χ4v) is 6.06. The minimum atomic E-state index is -3.57. The van der Waals surface area contributed by atoms with E-state index in [9.17, 15) is 18.0 Å². The molecule has 0 saturated carbocycles. The van der Waals surface area contributed by atoms with Crippen LogP contribution in [0.25, 0.3) is 0 Å². The number of nitrogens with zero attached hydrogens (tertiary/aromatic N) is 1. The van der Waals surface area contributed by atoms with E-state index in [1.807, 2.05) is 66.7 Å². The second-order valence-corrected chi connectivity index (χ2v) is 12.8. The first-order valence-electron chi connectivity index (χ1n) is 14.8. The van der Waals surface area contributed by atoms with Crippen LogP contribution in [0.3, 0.4) is 0 Å². The van der Waals surface area contributed by atoms with Crippen LogP contribution in [0.2, 0.25) is 5.02 Å². The highest BCUT2D eigenvalue weighted by Crippen LogP contribution is 2.20. The predicted octanol–water partition coefficient (Wildman–Crippen LogP) is 5.54. The molecule has 2 N–H and O–H groups in total. The highest BCUT2D eigenvalue weighted by molar-refractivity contribution is 7.89. The van der Waals surface area contributed by atoms with Gasteiger partial charge in [-0.05, 0) is 65.1 Å². The number of amides is 2. The number of ether oxygens (including phenoxy) is 1. The van der Waals surface area contributed by atoms with Crippen LogP contribution in [0.5, 0.6) is 5.75 Å². The molecule has 0 heterocycles. The molecule has 0 aliphatic carbocycles. The topological polar surface area (TPSA) is 105 Å². The Bertz CT molecular complexity index is 1650. The van der Waals surface area contributed by atoms with Gasteiger partial charge in [0.1, 0.15) is 11.8 Å². The lowest BCUT2D eigenvalue weighted by Crippen LogP contribution is -2.50. The zero-order chi connectivity index (χ0) is 32.2. The van der Waals surface area contributed by atoms with Gasteiger partial charge >= 0.3 is 0 Å². The van der Waals surface area contributed by atoms with Crippen molar-refractivity contribution in [1.29, 1.82) is 0 Å². The van der Waals surface area contributed by atoms with E-state index in [0.717, 1.165) is 22.3 Å². The molecule has 45 heavy (non-hydrogen) atoms. The van der Waals surface area contributed by atoms with Crippen molar-refractivity contribution in [2.45, 2.75) is 50.2 Å². The molecule has 0 radical (unpaired) electrons. The van der Waals surface area contributed by atoms with Gasteiger partial charge in [0.2, 0.25) is 21.8 Å². The van der Waals surface area contributed by atoms with Gasteiger partial charge in [0.25, 0.3) is 0 Å². The predicted molar refractivity (Wildman–Crippen MR) is 176 cm³/mol. The van der Waals surface area contributed by atoms with E-state index < -0.39 is 16.1 Å². The third-order valence-corrected chi connectivity index (χ3v) is 9.17. The van der Waals surface area contributed by atoms with E-state index in [1.165, 1.54) is 12.1 Å². The number of methoxy groups -OCH3 is 1. The molecule has 10 heteroatoms. The zero-order valence-electron chi connectivity index (χ0n) is 25.4. The van der Waals surface area contributed by atoms with Crippen molar-refractivity contribution in [2.24, 2.45) is 0 Å². The van der Waals surface area contributed by atoms with Gasteiger partial charge in [-0.1, -0.05) is 85.3 Å². The third-order valence-electron chi connectivity index (χ3n) is 7.36. The SMILES string of the molecule is CCNS(=O)(=O)c1ccc(CCC(=O)N(Cc2ccc(OC)cc2)[C@H](Cc2ccccc2)C(=O)NCc2ccc(Cl)cc2)cc1. The average molecular weight is 648 g/mol. The Balaban J connectivity index is 1.59. The fourth-order valence-electron chi connectivity index (χ4n) is 4.89. The first kappa shape index (κ1) is 33.7. The number of carbonyl (C=O) groups excluding carboxylic acids is 2. The Labute approximate surface area is 270 Å². The van der Waals surface area contributed by atoms with E-state index in [2.05, 4.69) is 10.0 Å². The van der Waals surface area contributed by atoms with Crippen LogP contribution >= 0.6 is 11.6 Å². The van der Waals surface area contributed by atoms with E-state index in [1.54, 1.807) is 43.2 Å². The molecule has 0 fully saturated rings. The van der Waals surface area contributed by atoms with Gasteiger partial charge in [-0.3, -0.25) is 9.59 Å². The molecular weight excluding hydrogens is 610 g/mol. The number of hydrogen-bond acceptors (Lipinski definition) is 5. The summed E-state index contributed by atoms with van der Waals surface area (Å²) in [6.07, 6.45) is 0.835. The number of sulfonamides is 1. The standard InChI is InChI=1S/C35H38ClN3O5S/c1-3-38-45(42,43)32-20-13-26(14-21-32)15-22-34(40)39(25-29-11-18-31(44-2)19-12-29)33(23-27-7-5-4-6-8-27)35(41)37-24-28-9-16-30(36)17-10-28/h4-14,16-21,33,38H,3,15,22-25H2,1-2H3,(H,37,41)/t33-/m1/s1. The summed E-state index contributed by atoms with van der Waals surface area (Å²) in [5.41, 5.74) is 3.48. The Kier molecular flexibility index (Phi) is 12.2. The Morgan fingerprint density at radius 2 is 1.44 bits per heavy atom. The minimum absolute atomic E-state index is 0.130. The largest absolute Gasteiger partial charge is 0.497 e. The van der Waals surface area contributed by atoms with E-state index in [4.69, 9.17) is 16.3 Å². The fraction of sp³-hybridized carbons (Fsp3) is 0.257. The smallest absolute Gasteiger partial charge is 0.243 e. The monoisotopic (exact) mass is 647 g/mol. The van der Waals surface area contributed by atoms with Crippen LogP contribution < -0.4 is 14.8 Å². The quantitative estimate of drug-likeness (QED) is 0.176. The minimum Gasteiger partial charge on any atom is -0.497 e. The highest BCUT2D eigenvalue weighted by Gasteiger charge is 2.30. The summed E-state index contributed by atoms with van der Waals surface area (Å²) in [4.78, 5) is 29.7. The summed E-state index contributed by atoms with van der Waals surface area (Å²) in [6, 6.07) is 30.0. The first-order valence-corrected chi connectivity index (χ1v) is 16.6. The maximum atomic E-state index is 14.0. The van der Waals surface area contributed by atoms with Crippen LogP contribution in [-0.2, 0) is 45.5 Å². The van der Waals surface area contributed by atoms with E-state index in [-0.39, 0.29) is 36.2 Å². The highest BCUT2D eigenvalue weighted by atomic mass is 35.5. The molecule has 4 aromatic carbocycles. The number of rotatable bonds is 15. The molecule has 0 aromatic heterocycles. The third kappa shape index (κ3) is 9.91. The number of halogens is 1. The van der Waals surface area contributed by atoms with Crippen LogP contribution in [0.1, 0.15) is 35.6 Å². The van der Waals surface area contributed by atoms with Crippen molar-refractivity contribution < 1.29 is 22.7 Å². The van der Waals surface area contributed by atoms with Crippen molar-refractivity contribution in [3.63, 3.8) is 0 Å². The molecule has 0 saturated heterocycles. The summed E-state index contributed by atoms with van der Waals surface area (Å²) in [6.45, 7) is 2.51. The lowest BCUT2D eigenvalue weighted by atomic mass is 10.0. The summed E-state index contributed by atoms with van der Waals surface area (Å²) < 4.78 is 32.5. The Hall–Kier alpha value is -4.18. The van der Waals surface area contributed by atoms with Gasteiger partial charge in [0.05, 0.1) is 12.0 Å². The van der Waals surface area contributed by atoms with Crippen LogP contribution in [0, 0.1) is 0 Å². The zero-order valence-corrected chi connectivity index (χ0v) is 27.0. The second-order valence-electron chi connectivity index (χ2n) is 10.6. The molecule has 2 amide bonds. The number of benzene rings is 4. The second kappa shape index (κ2) is 16.2. The number of hydrogen-bond donors (Lipinski definition) is 2. The molecule has 0 bridgehead atoms. The maximum Gasteiger partial charge on any atom is 0.243 e. The molecular formula is C35H38ClN3O5S. The number of aryl methyl sites for hydroxylation is 1. The van der Waals surface area contributed by atoms with Crippen LogP contribution in [-0.4, -0.2) is 44.8 Å². The van der Waals surface area contributed by atoms with Gasteiger partial charge in [0, 0.05) is 37.5 Å². The van der Waals surface area contributed by atoms with Gasteiger partial charge in [-0.15, -0.1) is 0 Å². The van der Waals surface area contributed by atoms with E-state index in [0.29, 0.717) is 30.2 Å². The molecule has 4 rings (SSSR count). The van der Waals surface area contributed by atoms with Gasteiger partial charge < -0.3 is 15.0 Å². The number of nitrogens with one attached hydrogen (secondary N) is 2. The first-order chi connectivity index (χ1) is 21.7. The summed E-state index contributed by atoms with van der Waals surface area (Å²) in [5, 5.41) is 3.63. The molecule has 0 spiro atoms. The van der Waals surface area contributed by atoms with Crippen molar-refractivity contribution in [3.8, 4) is 5.75 Å². The lowest BCUT2D eigenvalue weighted by Gasteiger charge is -2.32. The number of carbonyl (C=O) groups is 2. The molecule has 0 unspecified atom stereocenters. The van der Waals surface area contributed by atoms with Crippen molar-refractivity contribution in [2.75, 3.05) is 13.7 Å². The molecule has 8 nitrogen and oxygen atoms in total. The van der Waals surface area contributed by atoms with Gasteiger partial charge in [-0.25, -0.2) is 13.1 Å².